The van der Waals surface area contributed by atoms with E-state index in [0.717, 1.165) is 17.4 Å². The molecule has 0 fully saturated rings. The Morgan fingerprint density at radius 1 is 1.32 bits per heavy atom. The van der Waals surface area contributed by atoms with Gasteiger partial charge in [0.25, 0.3) is 15.9 Å². The maximum absolute atomic E-state index is 12.9. The van der Waals surface area contributed by atoms with Crippen molar-refractivity contribution < 1.29 is 22.3 Å². The van der Waals surface area contributed by atoms with Crippen LogP contribution in [0, 0.1) is 5.82 Å². The second-order valence-electron chi connectivity index (χ2n) is 3.96. The van der Waals surface area contributed by atoms with E-state index in [0.29, 0.717) is 3.79 Å². The number of ether oxygens (including phenoxy) is 1. The van der Waals surface area contributed by atoms with Crippen molar-refractivity contribution in [3.63, 3.8) is 0 Å². The van der Waals surface area contributed by atoms with Gasteiger partial charge in [-0.2, -0.15) is 0 Å². The molecule has 6 nitrogen and oxygen atoms in total. The first-order valence-electron chi connectivity index (χ1n) is 5.81. The van der Waals surface area contributed by atoms with E-state index in [1.807, 2.05) is 10.3 Å². The molecule has 2 aromatic rings. The maximum atomic E-state index is 12.9. The standard InChI is InChI=1S/C12H10BrFN2O4S2/c13-10-4-5-12(21-10)22(18,19)16-15-11(17)7-20-9-3-1-2-8(14)6-9/h1-6,16H,7H2,(H,15,17). The van der Waals surface area contributed by atoms with Crippen LogP contribution in [-0.4, -0.2) is 20.9 Å². The van der Waals surface area contributed by atoms with E-state index >= 15 is 0 Å². The fourth-order valence-corrected chi connectivity index (χ4v) is 4.23. The van der Waals surface area contributed by atoms with Crippen molar-refractivity contribution in [2.24, 2.45) is 0 Å². The first-order chi connectivity index (χ1) is 10.4. The van der Waals surface area contributed by atoms with E-state index in [4.69, 9.17) is 4.74 Å². The van der Waals surface area contributed by atoms with Crippen LogP contribution in [0.3, 0.4) is 0 Å². The van der Waals surface area contributed by atoms with Crippen LogP contribution in [0.2, 0.25) is 0 Å². The Labute approximate surface area is 138 Å². The van der Waals surface area contributed by atoms with Crippen molar-refractivity contribution in [2.45, 2.75) is 4.21 Å². The van der Waals surface area contributed by atoms with E-state index in [-0.39, 0.29) is 9.96 Å². The van der Waals surface area contributed by atoms with Crippen LogP contribution < -0.4 is 15.0 Å². The molecule has 0 saturated heterocycles. The summed E-state index contributed by atoms with van der Waals surface area (Å²) >= 11 is 4.15. The fraction of sp³-hybridized carbons (Fsp3) is 0.0833. The summed E-state index contributed by atoms with van der Waals surface area (Å²) in [7, 11) is -3.83. The maximum Gasteiger partial charge on any atom is 0.272 e. The first kappa shape index (κ1) is 16.9. The quantitative estimate of drug-likeness (QED) is 0.716. The number of nitrogens with one attached hydrogen (secondary N) is 2. The van der Waals surface area contributed by atoms with E-state index in [1.165, 1.54) is 24.3 Å². The summed E-state index contributed by atoms with van der Waals surface area (Å²) < 4.78 is 42.3. The minimum atomic E-state index is -3.83. The number of carbonyl (C=O) groups excluding carboxylic acids is 1. The highest BCUT2D eigenvalue weighted by atomic mass is 79.9. The van der Waals surface area contributed by atoms with Crippen molar-refractivity contribution in [1.29, 1.82) is 0 Å². The fourth-order valence-electron chi connectivity index (χ4n) is 1.36. The van der Waals surface area contributed by atoms with Gasteiger partial charge in [-0.15, -0.1) is 16.2 Å². The Morgan fingerprint density at radius 2 is 2.09 bits per heavy atom. The van der Waals surface area contributed by atoms with Crippen molar-refractivity contribution in [3.05, 3.63) is 46.0 Å². The predicted octanol–water partition coefficient (Wildman–Crippen LogP) is 2.04. The van der Waals surface area contributed by atoms with E-state index in [1.54, 1.807) is 6.07 Å². The Kier molecular flexibility index (Phi) is 5.51. The highest BCUT2D eigenvalue weighted by Gasteiger charge is 2.17. The summed E-state index contributed by atoms with van der Waals surface area (Å²) in [6, 6.07) is 8.23. The number of hydrogen-bond donors (Lipinski definition) is 2. The first-order valence-corrected chi connectivity index (χ1v) is 8.90. The highest BCUT2D eigenvalue weighted by Crippen LogP contribution is 2.25. The lowest BCUT2D eigenvalue weighted by Gasteiger charge is -2.08. The molecule has 0 unspecified atom stereocenters. The number of carbonyl (C=O) groups is 1. The third-order valence-electron chi connectivity index (χ3n) is 2.30. The van der Waals surface area contributed by atoms with Crippen molar-refractivity contribution >= 4 is 43.2 Å². The van der Waals surface area contributed by atoms with Gasteiger partial charge in [0.05, 0.1) is 3.79 Å². The molecule has 0 spiro atoms. The summed E-state index contributed by atoms with van der Waals surface area (Å²) in [4.78, 5) is 13.5. The van der Waals surface area contributed by atoms with Gasteiger partial charge in [0, 0.05) is 6.07 Å². The molecule has 0 atom stereocenters. The van der Waals surface area contributed by atoms with Gasteiger partial charge >= 0.3 is 0 Å². The van der Waals surface area contributed by atoms with Gasteiger partial charge in [0.1, 0.15) is 15.8 Å². The molecule has 2 rings (SSSR count). The van der Waals surface area contributed by atoms with Crippen LogP contribution in [0.15, 0.2) is 44.4 Å². The minimum Gasteiger partial charge on any atom is -0.484 e. The average Bonchev–Trinajstić information content (AvgIpc) is 2.91. The third-order valence-corrected chi connectivity index (χ3v) is 5.67. The molecule has 22 heavy (non-hydrogen) atoms. The van der Waals surface area contributed by atoms with Gasteiger partial charge < -0.3 is 4.74 Å². The van der Waals surface area contributed by atoms with Crippen molar-refractivity contribution in [3.8, 4) is 5.75 Å². The molecule has 2 N–H and O–H groups in total. The SMILES string of the molecule is O=C(COc1cccc(F)c1)NNS(=O)(=O)c1ccc(Br)s1. The summed E-state index contributed by atoms with van der Waals surface area (Å²) in [5.41, 5.74) is 2.01. The number of halogens is 2. The number of amides is 1. The van der Waals surface area contributed by atoms with Gasteiger partial charge in [0.2, 0.25) is 0 Å². The number of rotatable bonds is 6. The predicted molar refractivity (Wildman–Crippen MR) is 82.4 cm³/mol. The highest BCUT2D eigenvalue weighted by molar-refractivity contribution is 9.11. The van der Waals surface area contributed by atoms with Crippen LogP contribution in [0.5, 0.6) is 5.75 Å². The average molecular weight is 409 g/mol. The lowest BCUT2D eigenvalue weighted by molar-refractivity contribution is -0.123. The van der Waals surface area contributed by atoms with Gasteiger partial charge in [-0.3, -0.25) is 10.2 Å². The lowest BCUT2D eigenvalue weighted by Crippen LogP contribution is -2.43. The normalized spacial score (nSPS) is 11.2. The molecule has 1 aromatic carbocycles. The summed E-state index contributed by atoms with van der Waals surface area (Å²) in [5, 5.41) is 0. The number of hydrazine groups is 1. The molecule has 1 aromatic heterocycles. The minimum absolute atomic E-state index is 0.0470. The molecule has 0 saturated carbocycles. The molecular weight excluding hydrogens is 399 g/mol. The van der Waals surface area contributed by atoms with Crippen LogP contribution in [0.1, 0.15) is 0 Å². The van der Waals surface area contributed by atoms with E-state index in [9.17, 15) is 17.6 Å². The summed E-state index contributed by atoms with van der Waals surface area (Å²) in [6.45, 7) is -0.458. The third kappa shape index (κ3) is 4.77. The second kappa shape index (κ2) is 7.18. The summed E-state index contributed by atoms with van der Waals surface area (Å²) in [6.07, 6.45) is 0. The molecule has 0 radical (unpaired) electrons. The molecule has 10 heteroatoms. The number of benzene rings is 1. The smallest absolute Gasteiger partial charge is 0.272 e. The van der Waals surface area contributed by atoms with Gasteiger partial charge in [0.15, 0.2) is 6.61 Å². The molecule has 1 amide bonds. The number of thiophene rings is 1. The largest absolute Gasteiger partial charge is 0.484 e. The molecule has 0 bridgehead atoms. The van der Waals surface area contributed by atoms with Crippen LogP contribution in [0.25, 0.3) is 0 Å². The van der Waals surface area contributed by atoms with Crippen molar-refractivity contribution in [2.75, 3.05) is 6.61 Å². The molecule has 0 aliphatic rings. The van der Waals surface area contributed by atoms with Gasteiger partial charge in [-0.25, -0.2) is 12.8 Å². The Bertz CT molecular complexity index is 779. The van der Waals surface area contributed by atoms with Gasteiger partial charge in [-0.05, 0) is 40.2 Å². The Hall–Kier alpha value is -1.49. The number of sulfonamides is 1. The van der Waals surface area contributed by atoms with E-state index < -0.39 is 28.4 Å². The zero-order valence-corrected chi connectivity index (χ0v) is 14.1. The topological polar surface area (TPSA) is 84.5 Å². The number of hydrogen-bond acceptors (Lipinski definition) is 5. The zero-order valence-electron chi connectivity index (χ0n) is 10.9. The molecule has 0 aliphatic carbocycles. The monoisotopic (exact) mass is 408 g/mol. The molecule has 118 valence electrons. The van der Waals surface area contributed by atoms with Gasteiger partial charge in [-0.1, -0.05) is 6.07 Å². The zero-order chi connectivity index (χ0) is 16.2. The second-order valence-corrected chi connectivity index (χ2v) is 8.33. The molecule has 1 heterocycles. The Balaban J connectivity index is 1.85. The van der Waals surface area contributed by atoms with E-state index in [2.05, 4.69) is 15.9 Å². The van der Waals surface area contributed by atoms with Crippen LogP contribution in [0.4, 0.5) is 4.39 Å². The van der Waals surface area contributed by atoms with Crippen molar-refractivity contribution in [1.82, 2.24) is 10.3 Å². The summed E-state index contributed by atoms with van der Waals surface area (Å²) in [5.74, 6) is -1.05. The van der Waals surface area contributed by atoms with Crippen LogP contribution in [-0.2, 0) is 14.8 Å². The molecular formula is C12H10BrFN2O4S2. The Morgan fingerprint density at radius 3 is 2.73 bits per heavy atom. The molecule has 0 aliphatic heterocycles. The lowest BCUT2D eigenvalue weighted by atomic mass is 10.3. The van der Waals surface area contributed by atoms with Crippen LogP contribution >= 0.6 is 27.3 Å².